The Morgan fingerprint density at radius 1 is 1.38 bits per heavy atom. The molecule has 13 heavy (non-hydrogen) atoms. The van der Waals surface area contributed by atoms with Crippen LogP contribution in [0.4, 0.5) is 18.9 Å². The lowest BCUT2D eigenvalue weighted by molar-refractivity contribution is 0.163. The highest BCUT2D eigenvalue weighted by molar-refractivity contribution is 9.10. The normalized spacial score (nSPS) is 10.5. The monoisotopic (exact) mass is 253 g/mol. The second kappa shape index (κ2) is 4.50. The van der Waals surface area contributed by atoms with Crippen molar-refractivity contribution in [1.82, 2.24) is 0 Å². The van der Waals surface area contributed by atoms with E-state index in [9.17, 15) is 13.2 Å². The number of anilines is 1. The van der Waals surface area contributed by atoms with Crippen LogP contribution < -0.4 is 5.32 Å². The minimum absolute atomic E-state index is 0.408. The van der Waals surface area contributed by atoms with E-state index in [1.807, 2.05) is 0 Å². The third-order valence-electron chi connectivity index (χ3n) is 1.38. The van der Waals surface area contributed by atoms with Crippen LogP contribution in [0.25, 0.3) is 0 Å². The van der Waals surface area contributed by atoms with Crippen LogP contribution in [0.2, 0.25) is 0 Å². The van der Waals surface area contributed by atoms with Crippen LogP contribution in [0.15, 0.2) is 22.7 Å². The Bertz CT molecular complexity index is 291. The van der Waals surface area contributed by atoms with Gasteiger partial charge in [0, 0.05) is 10.2 Å². The second-order valence-electron chi connectivity index (χ2n) is 2.40. The van der Waals surface area contributed by atoms with Gasteiger partial charge in [0.25, 0.3) is 6.43 Å². The average molecular weight is 254 g/mol. The first-order valence-corrected chi connectivity index (χ1v) is 4.36. The molecular weight excluding hydrogens is 247 g/mol. The van der Waals surface area contributed by atoms with Crippen LogP contribution in [0, 0.1) is 5.82 Å². The van der Waals surface area contributed by atoms with Gasteiger partial charge in [-0.25, -0.2) is 13.2 Å². The predicted molar refractivity (Wildman–Crippen MR) is 48.6 cm³/mol. The maximum atomic E-state index is 12.5. The van der Waals surface area contributed by atoms with Crippen molar-refractivity contribution in [2.24, 2.45) is 0 Å². The summed E-state index contributed by atoms with van der Waals surface area (Å²) in [6.07, 6.45) is -2.42. The predicted octanol–water partition coefficient (Wildman–Crippen LogP) is 3.27. The van der Waals surface area contributed by atoms with E-state index >= 15 is 0 Å². The zero-order chi connectivity index (χ0) is 9.84. The topological polar surface area (TPSA) is 12.0 Å². The maximum absolute atomic E-state index is 12.5. The quantitative estimate of drug-likeness (QED) is 0.872. The van der Waals surface area contributed by atoms with Gasteiger partial charge in [-0.3, -0.25) is 0 Å². The zero-order valence-electron chi connectivity index (χ0n) is 6.53. The molecule has 0 amide bonds. The van der Waals surface area contributed by atoms with Crippen molar-refractivity contribution in [2.45, 2.75) is 6.43 Å². The summed E-state index contributed by atoms with van der Waals surface area (Å²) in [4.78, 5) is 0. The van der Waals surface area contributed by atoms with Gasteiger partial charge in [-0.1, -0.05) is 0 Å². The van der Waals surface area contributed by atoms with Gasteiger partial charge in [-0.15, -0.1) is 0 Å². The fourth-order valence-corrected chi connectivity index (χ4v) is 1.31. The molecule has 0 spiro atoms. The number of rotatable bonds is 3. The van der Waals surface area contributed by atoms with Crippen molar-refractivity contribution < 1.29 is 13.2 Å². The Balaban J connectivity index is 2.67. The summed E-state index contributed by atoms with van der Waals surface area (Å²) in [5.74, 6) is -0.408. The van der Waals surface area contributed by atoms with E-state index in [4.69, 9.17) is 0 Å². The molecular formula is C8H7BrF3N. The summed E-state index contributed by atoms with van der Waals surface area (Å²) in [7, 11) is 0. The van der Waals surface area contributed by atoms with Gasteiger partial charge in [-0.05, 0) is 34.1 Å². The number of alkyl halides is 2. The fraction of sp³-hybridized carbons (Fsp3) is 0.250. The van der Waals surface area contributed by atoms with Crippen molar-refractivity contribution >= 4 is 21.6 Å². The molecule has 0 radical (unpaired) electrons. The average Bonchev–Trinajstić information content (AvgIpc) is 2.02. The minimum Gasteiger partial charge on any atom is -0.378 e. The Labute approximate surface area is 82.1 Å². The summed E-state index contributed by atoms with van der Waals surface area (Å²) in [5.41, 5.74) is 0.460. The SMILES string of the molecule is Fc1ccc(NCC(F)F)c(Br)c1. The molecule has 0 unspecified atom stereocenters. The van der Waals surface area contributed by atoms with Crippen molar-refractivity contribution in [3.8, 4) is 0 Å². The van der Waals surface area contributed by atoms with E-state index in [1.54, 1.807) is 0 Å². The van der Waals surface area contributed by atoms with E-state index in [-0.39, 0.29) is 0 Å². The van der Waals surface area contributed by atoms with Crippen LogP contribution in [-0.4, -0.2) is 13.0 Å². The molecule has 1 nitrogen and oxygen atoms in total. The molecule has 0 aliphatic carbocycles. The molecule has 1 aromatic carbocycles. The number of benzene rings is 1. The molecule has 0 saturated heterocycles. The fourth-order valence-electron chi connectivity index (χ4n) is 0.820. The summed E-state index contributed by atoms with van der Waals surface area (Å²) in [6, 6.07) is 3.83. The highest BCUT2D eigenvalue weighted by Crippen LogP contribution is 2.22. The van der Waals surface area contributed by atoms with E-state index in [0.717, 1.165) is 0 Å². The molecule has 0 bridgehead atoms. The van der Waals surface area contributed by atoms with Gasteiger partial charge in [0.1, 0.15) is 5.82 Å². The number of nitrogens with one attached hydrogen (secondary N) is 1. The van der Waals surface area contributed by atoms with Crippen LogP contribution >= 0.6 is 15.9 Å². The lowest BCUT2D eigenvalue weighted by Gasteiger charge is -2.07. The van der Waals surface area contributed by atoms with Gasteiger partial charge in [0.2, 0.25) is 0 Å². The number of hydrogen-bond donors (Lipinski definition) is 1. The third-order valence-corrected chi connectivity index (χ3v) is 2.03. The Morgan fingerprint density at radius 2 is 2.08 bits per heavy atom. The van der Waals surface area contributed by atoms with Crippen LogP contribution in [0.1, 0.15) is 0 Å². The van der Waals surface area contributed by atoms with Gasteiger partial charge in [0.05, 0.1) is 6.54 Å². The lowest BCUT2D eigenvalue weighted by atomic mass is 10.3. The molecule has 0 heterocycles. The number of halogens is 4. The largest absolute Gasteiger partial charge is 0.378 e. The molecule has 0 saturated carbocycles. The first kappa shape index (κ1) is 10.4. The molecule has 1 rings (SSSR count). The molecule has 5 heteroatoms. The smallest absolute Gasteiger partial charge is 0.255 e. The molecule has 0 aliphatic heterocycles. The lowest BCUT2D eigenvalue weighted by Crippen LogP contribution is -2.10. The molecule has 1 N–H and O–H groups in total. The maximum Gasteiger partial charge on any atom is 0.255 e. The van der Waals surface area contributed by atoms with Crippen molar-refractivity contribution in [2.75, 3.05) is 11.9 Å². The molecule has 72 valence electrons. The molecule has 0 atom stereocenters. The van der Waals surface area contributed by atoms with Crippen molar-refractivity contribution in [3.05, 3.63) is 28.5 Å². The summed E-state index contributed by atoms with van der Waals surface area (Å²) >= 11 is 3.05. The first-order valence-electron chi connectivity index (χ1n) is 3.56. The van der Waals surface area contributed by atoms with E-state index in [0.29, 0.717) is 10.2 Å². The van der Waals surface area contributed by atoms with Gasteiger partial charge >= 0.3 is 0 Å². The Morgan fingerprint density at radius 3 is 2.62 bits per heavy atom. The van der Waals surface area contributed by atoms with Crippen LogP contribution in [-0.2, 0) is 0 Å². The summed E-state index contributed by atoms with van der Waals surface area (Å²) < 4.78 is 36.5. The van der Waals surface area contributed by atoms with Crippen LogP contribution in [0.5, 0.6) is 0 Å². The minimum atomic E-state index is -2.42. The van der Waals surface area contributed by atoms with Crippen molar-refractivity contribution in [1.29, 1.82) is 0 Å². The third kappa shape index (κ3) is 3.26. The number of hydrogen-bond acceptors (Lipinski definition) is 1. The molecule has 0 aliphatic rings. The van der Waals surface area contributed by atoms with Gasteiger partial charge in [0.15, 0.2) is 0 Å². The molecule has 0 aromatic heterocycles. The van der Waals surface area contributed by atoms with Crippen molar-refractivity contribution in [3.63, 3.8) is 0 Å². The highest BCUT2D eigenvalue weighted by Gasteiger charge is 2.04. The van der Waals surface area contributed by atoms with Gasteiger partial charge < -0.3 is 5.32 Å². The Hall–Kier alpha value is -0.710. The van der Waals surface area contributed by atoms with E-state index in [2.05, 4.69) is 21.2 Å². The first-order chi connectivity index (χ1) is 6.09. The standard InChI is InChI=1S/C8H7BrF3N/c9-6-3-5(10)1-2-7(6)13-4-8(11)12/h1-3,8,13H,4H2. The zero-order valence-corrected chi connectivity index (χ0v) is 8.11. The molecule has 1 aromatic rings. The van der Waals surface area contributed by atoms with Gasteiger partial charge in [-0.2, -0.15) is 0 Å². The van der Waals surface area contributed by atoms with E-state index in [1.165, 1.54) is 18.2 Å². The highest BCUT2D eigenvalue weighted by atomic mass is 79.9. The summed E-state index contributed by atoms with van der Waals surface area (Å²) in [6.45, 7) is -0.440. The van der Waals surface area contributed by atoms with E-state index < -0.39 is 18.8 Å². The molecule has 0 fully saturated rings. The van der Waals surface area contributed by atoms with Crippen LogP contribution in [0.3, 0.4) is 0 Å². The Kier molecular flexibility index (Phi) is 3.59. The summed E-state index contributed by atoms with van der Waals surface area (Å²) in [5, 5.41) is 2.48. The second-order valence-corrected chi connectivity index (χ2v) is 3.25.